The van der Waals surface area contributed by atoms with Gasteiger partial charge in [0.1, 0.15) is 0 Å². The predicted molar refractivity (Wildman–Crippen MR) is 71.9 cm³/mol. The smallest absolute Gasteiger partial charge is 0.0324 e. The van der Waals surface area contributed by atoms with Crippen molar-refractivity contribution in [2.24, 2.45) is 0 Å². The van der Waals surface area contributed by atoms with Crippen molar-refractivity contribution in [2.45, 2.75) is 51.7 Å². The fraction of sp³-hybridized carbons (Fsp3) is 0.571. The van der Waals surface area contributed by atoms with Gasteiger partial charge in [-0.25, -0.2) is 0 Å². The zero-order valence-corrected chi connectivity index (χ0v) is 11.6. The molecular weight excluding hydrogens is 200 g/mol. The molecule has 1 aromatic rings. The van der Waals surface area contributed by atoms with Crippen molar-refractivity contribution in [3.8, 4) is 0 Å². The molecule has 1 aromatic carbocycles. The first-order chi connectivity index (χ1) is 6.62. The molecule has 0 heterocycles. The van der Waals surface area contributed by atoms with E-state index in [0.717, 1.165) is 0 Å². The number of benzene rings is 1. The van der Waals surface area contributed by atoms with Crippen LogP contribution >= 0.6 is 12.6 Å². The highest BCUT2D eigenvalue weighted by molar-refractivity contribution is 7.81. The lowest BCUT2D eigenvalue weighted by Gasteiger charge is -2.26. The number of hydrogen-bond donors (Lipinski definition) is 1. The Morgan fingerprint density at radius 3 is 1.93 bits per heavy atom. The van der Waals surface area contributed by atoms with Crippen molar-refractivity contribution in [2.75, 3.05) is 0 Å². The molecular formula is C14H22S. The number of thiol groups is 1. The third-order valence-corrected chi connectivity index (χ3v) is 3.00. The van der Waals surface area contributed by atoms with Gasteiger partial charge in [-0.1, -0.05) is 39.0 Å². The summed E-state index contributed by atoms with van der Waals surface area (Å²) < 4.78 is -0.0641. The second kappa shape index (κ2) is 3.86. The van der Waals surface area contributed by atoms with E-state index in [1.807, 2.05) is 0 Å². The molecule has 0 bridgehead atoms. The summed E-state index contributed by atoms with van der Waals surface area (Å²) in [6, 6.07) is 6.72. The van der Waals surface area contributed by atoms with Gasteiger partial charge in [0, 0.05) is 4.75 Å². The van der Waals surface area contributed by atoms with E-state index in [1.54, 1.807) is 0 Å². The Labute approximate surface area is 99.5 Å². The first kappa shape index (κ1) is 12.6. The van der Waals surface area contributed by atoms with Crippen LogP contribution in [0.4, 0.5) is 0 Å². The molecule has 0 aliphatic carbocycles. The lowest BCUT2D eigenvalue weighted by atomic mass is 9.83. The number of rotatable bonds is 1. The summed E-state index contributed by atoms with van der Waals surface area (Å²) in [5, 5.41) is 0. The first-order valence-electron chi connectivity index (χ1n) is 5.46. The molecule has 1 rings (SSSR count). The van der Waals surface area contributed by atoms with Crippen LogP contribution < -0.4 is 0 Å². The minimum atomic E-state index is -0.0641. The van der Waals surface area contributed by atoms with Gasteiger partial charge >= 0.3 is 0 Å². The van der Waals surface area contributed by atoms with Crippen LogP contribution in [-0.2, 0) is 10.2 Å². The molecule has 0 radical (unpaired) electrons. The molecule has 0 spiro atoms. The van der Waals surface area contributed by atoms with E-state index in [1.165, 1.54) is 16.7 Å². The Bertz CT molecular complexity index is 351. The predicted octanol–water partition coefficient (Wildman–Crippen LogP) is 4.46. The maximum atomic E-state index is 4.66. The van der Waals surface area contributed by atoms with Crippen molar-refractivity contribution in [1.29, 1.82) is 0 Å². The average Bonchev–Trinajstić information content (AvgIpc) is 2.00. The van der Waals surface area contributed by atoms with E-state index in [2.05, 4.69) is 72.4 Å². The average molecular weight is 222 g/mol. The van der Waals surface area contributed by atoms with Gasteiger partial charge in [-0.2, -0.15) is 12.6 Å². The fourth-order valence-corrected chi connectivity index (χ4v) is 1.99. The van der Waals surface area contributed by atoms with Gasteiger partial charge in [-0.15, -0.1) is 0 Å². The maximum Gasteiger partial charge on any atom is 0.0324 e. The molecule has 1 heteroatoms. The number of aryl methyl sites for hydroxylation is 1. The fourth-order valence-electron chi connectivity index (χ4n) is 1.75. The van der Waals surface area contributed by atoms with Crippen LogP contribution in [0.2, 0.25) is 0 Å². The molecule has 0 fully saturated rings. The molecule has 84 valence electrons. The highest BCUT2D eigenvalue weighted by Gasteiger charge is 2.21. The zero-order valence-electron chi connectivity index (χ0n) is 10.7. The van der Waals surface area contributed by atoms with Crippen molar-refractivity contribution in [3.05, 3.63) is 34.9 Å². The van der Waals surface area contributed by atoms with Gasteiger partial charge in [0.15, 0.2) is 0 Å². The molecule has 0 nitrogen and oxygen atoms in total. The Morgan fingerprint density at radius 1 is 1.00 bits per heavy atom. The third kappa shape index (κ3) is 3.01. The van der Waals surface area contributed by atoms with Gasteiger partial charge in [-0.05, 0) is 42.9 Å². The second-order valence-corrected chi connectivity index (χ2v) is 6.96. The van der Waals surface area contributed by atoms with Crippen LogP contribution in [0, 0.1) is 6.92 Å². The summed E-state index contributed by atoms with van der Waals surface area (Å²) in [5.41, 5.74) is 4.24. The van der Waals surface area contributed by atoms with Gasteiger partial charge in [0.2, 0.25) is 0 Å². The normalized spacial score (nSPS) is 13.0. The second-order valence-electron chi connectivity index (χ2n) is 5.84. The lowest BCUT2D eigenvalue weighted by Crippen LogP contribution is -2.15. The largest absolute Gasteiger partial charge is 0.168 e. The molecule has 0 saturated heterocycles. The van der Waals surface area contributed by atoms with E-state index in [4.69, 9.17) is 0 Å². The van der Waals surface area contributed by atoms with Crippen LogP contribution in [0.25, 0.3) is 0 Å². The van der Waals surface area contributed by atoms with E-state index in [9.17, 15) is 0 Å². The molecule has 0 amide bonds. The monoisotopic (exact) mass is 222 g/mol. The van der Waals surface area contributed by atoms with E-state index < -0.39 is 0 Å². The first-order valence-corrected chi connectivity index (χ1v) is 5.91. The van der Waals surface area contributed by atoms with Crippen molar-refractivity contribution < 1.29 is 0 Å². The van der Waals surface area contributed by atoms with Crippen LogP contribution in [-0.4, -0.2) is 0 Å². The molecule has 0 aliphatic heterocycles. The van der Waals surface area contributed by atoms with Gasteiger partial charge < -0.3 is 0 Å². The van der Waals surface area contributed by atoms with Crippen LogP contribution in [0.3, 0.4) is 0 Å². The van der Waals surface area contributed by atoms with Gasteiger partial charge in [0.05, 0.1) is 0 Å². The SMILES string of the molecule is Cc1ccc(C(C)(C)C)cc1C(C)(C)S. The summed E-state index contributed by atoms with van der Waals surface area (Å²) in [4.78, 5) is 0. The summed E-state index contributed by atoms with van der Waals surface area (Å²) in [6.45, 7) is 13.2. The van der Waals surface area contributed by atoms with Gasteiger partial charge in [0.25, 0.3) is 0 Å². The van der Waals surface area contributed by atoms with Crippen molar-refractivity contribution in [3.63, 3.8) is 0 Å². The number of hydrogen-bond acceptors (Lipinski definition) is 1. The lowest BCUT2D eigenvalue weighted by molar-refractivity contribution is 0.587. The van der Waals surface area contributed by atoms with E-state index in [0.29, 0.717) is 0 Å². The molecule has 0 N–H and O–H groups in total. The molecule has 0 aliphatic rings. The standard InChI is InChI=1S/C14H22S/c1-10-7-8-11(13(2,3)4)9-12(10)14(5,6)15/h7-9,15H,1-6H3. The minimum Gasteiger partial charge on any atom is -0.168 e. The van der Waals surface area contributed by atoms with Crippen LogP contribution in [0.1, 0.15) is 51.3 Å². The van der Waals surface area contributed by atoms with Crippen molar-refractivity contribution >= 4 is 12.6 Å². The van der Waals surface area contributed by atoms with Crippen molar-refractivity contribution in [1.82, 2.24) is 0 Å². The van der Waals surface area contributed by atoms with Crippen LogP contribution in [0.15, 0.2) is 18.2 Å². The quantitative estimate of drug-likeness (QED) is 0.666. The zero-order chi connectivity index (χ0) is 11.9. The highest BCUT2D eigenvalue weighted by atomic mass is 32.1. The summed E-state index contributed by atoms with van der Waals surface area (Å²) in [6.07, 6.45) is 0. The summed E-state index contributed by atoms with van der Waals surface area (Å²) in [7, 11) is 0. The minimum absolute atomic E-state index is 0.0641. The Kier molecular flexibility index (Phi) is 3.25. The van der Waals surface area contributed by atoms with E-state index >= 15 is 0 Å². The third-order valence-electron chi connectivity index (χ3n) is 2.76. The molecule has 0 unspecified atom stereocenters. The maximum absolute atomic E-state index is 4.66. The summed E-state index contributed by atoms with van der Waals surface area (Å²) in [5.74, 6) is 0. The van der Waals surface area contributed by atoms with Gasteiger partial charge in [-0.3, -0.25) is 0 Å². The molecule has 15 heavy (non-hydrogen) atoms. The molecule has 0 aromatic heterocycles. The Morgan fingerprint density at radius 2 is 1.53 bits per heavy atom. The molecule has 0 saturated carbocycles. The molecule has 0 atom stereocenters. The Hall–Kier alpha value is -0.430. The summed E-state index contributed by atoms with van der Waals surface area (Å²) >= 11 is 4.66. The van der Waals surface area contributed by atoms with E-state index in [-0.39, 0.29) is 10.2 Å². The van der Waals surface area contributed by atoms with Crippen LogP contribution in [0.5, 0.6) is 0 Å². The Balaban J connectivity index is 3.30. The highest BCUT2D eigenvalue weighted by Crippen LogP contribution is 2.33. The topological polar surface area (TPSA) is 0 Å².